The monoisotopic (exact) mass is 254 g/mol. The van der Waals surface area contributed by atoms with Gasteiger partial charge in [-0.1, -0.05) is 6.07 Å². The van der Waals surface area contributed by atoms with Crippen LogP contribution in [-0.4, -0.2) is 52.4 Å². The van der Waals surface area contributed by atoms with E-state index in [1.165, 1.54) is 30.1 Å². The third-order valence-corrected chi connectivity index (χ3v) is 2.29. The maximum absolute atomic E-state index is 11.6. The molecule has 0 spiro atoms. The van der Waals surface area contributed by atoms with Crippen molar-refractivity contribution in [2.75, 3.05) is 25.5 Å². The highest BCUT2D eigenvalue weighted by Gasteiger charge is 2.15. The number of hydrogen-bond donors (Lipinski definition) is 4. The van der Waals surface area contributed by atoms with Crippen LogP contribution in [0.1, 0.15) is 10.4 Å². The molecule has 0 fully saturated rings. The molecule has 0 aromatic heterocycles. The zero-order chi connectivity index (χ0) is 13.7. The molecule has 18 heavy (non-hydrogen) atoms. The summed E-state index contributed by atoms with van der Waals surface area (Å²) < 4.78 is 0. The van der Waals surface area contributed by atoms with Gasteiger partial charge in [-0.15, -0.1) is 0 Å². The van der Waals surface area contributed by atoms with Gasteiger partial charge in [0.2, 0.25) is 0 Å². The Labute approximate surface area is 103 Å². The summed E-state index contributed by atoms with van der Waals surface area (Å²) in [5, 5.41) is 29.5. The number of nitrogens with one attached hydrogen (secondary N) is 1. The van der Waals surface area contributed by atoms with Crippen molar-refractivity contribution in [3.05, 3.63) is 23.8 Å². The van der Waals surface area contributed by atoms with Crippen molar-refractivity contribution >= 4 is 17.7 Å². The second-order valence-corrected chi connectivity index (χ2v) is 3.58. The van der Waals surface area contributed by atoms with E-state index in [0.717, 1.165) is 0 Å². The highest BCUT2D eigenvalue weighted by molar-refractivity contribution is 5.97. The number of para-hydroxylation sites is 1. The summed E-state index contributed by atoms with van der Waals surface area (Å²) in [4.78, 5) is 23.6. The van der Waals surface area contributed by atoms with E-state index >= 15 is 0 Å². The number of aromatic carboxylic acids is 1. The van der Waals surface area contributed by atoms with Crippen LogP contribution in [0.3, 0.4) is 0 Å². The predicted octanol–water partition coefficient (Wildman–Crippen LogP) is 0.546. The lowest BCUT2D eigenvalue weighted by Crippen LogP contribution is -2.33. The maximum atomic E-state index is 11.6. The molecule has 0 saturated heterocycles. The zero-order valence-corrected chi connectivity index (χ0v) is 9.75. The van der Waals surface area contributed by atoms with E-state index in [1.54, 1.807) is 0 Å². The third-order valence-electron chi connectivity index (χ3n) is 2.29. The van der Waals surface area contributed by atoms with Gasteiger partial charge in [0, 0.05) is 13.6 Å². The first-order chi connectivity index (χ1) is 8.47. The van der Waals surface area contributed by atoms with Crippen LogP contribution in [0.2, 0.25) is 0 Å². The number of hydrogen-bond acceptors (Lipinski definition) is 4. The lowest BCUT2D eigenvalue weighted by Gasteiger charge is -2.17. The van der Waals surface area contributed by atoms with Crippen LogP contribution in [0.15, 0.2) is 18.2 Å². The number of aliphatic hydroxyl groups excluding tert-OH is 1. The second-order valence-electron chi connectivity index (χ2n) is 3.58. The third kappa shape index (κ3) is 3.11. The van der Waals surface area contributed by atoms with Crippen LogP contribution in [0, 0.1) is 0 Å². The van der Waals surface area contributed by atoms with E-state index in [1.807, 2.05) is 0 Å². The maximum Gasteiger partial charge on any atom is 0.339 e. The number of likely N-dealkylation sites (N-methyl/N-ethyl adjacent to an activating group) is 1. The van der Waals surface area contributed by atoms with Crippen LogP contribution in [0.4, 0.5) is 10.5 Å². The minimum Gasteiger partial charge on any atom is -0.505 e. The number of anilines is 1. The number of carboxylic acids is 1. The number of carbonyl (C=O) groups is 2. The summed E-state index contributed by atoms with van der Waals surface area (Å²) in [6.07, 6.45) is 0. The molecule has 2 amide bonds. The van der Waals surface area contributed by atoms with Gasteiger partial charge in [0.1, 0.15) is 5.56 Å². The normalized spacial score (nSPS) is 9.89. The van der Waals surface area contributed by atoms with E-state index < -0.39 is 17.7 Å². The van der Waals surface area contributed by atoms with Crippen molar-refractivity contribution in [2.45, 2.75) is 0 Å². The summed E-state index contributed by atoms with van der Waals surface area (Å²) in [6, 6.07) is 3.46. The standard InChI is InChI=1S/C11H14N2O5/c1-13(5-6-14)11(18)12-8-4-2-3-7(9(8)15)10(16)17/h2-4,14-15H,5-6H2,1H3,(H,12,18)(H,16,17). The van der Waals surface area contributed by atoms with Crippen molar-refractivity contribution in [1.29, 1.82) is 0 Å². The number of nitrogens with zero attached hydrogens (tertiary/aromatic N) is 1. The van der Waals surface area contributed by atoms with Crippen molar-refractivity contribution < 1.29 is 24.9 Å². The number of carboxylic acid groups (broad SMARTS) is 1. The molecule has 98 valence electrons. The first-order valence-electron chi connectivity index (χ1n) is 5.15. The Morgan fingerprint density at radius 2 is 2.06 bits per heavy atom. The number of benzene rings is 1. The number of amides is 2. The minimum atomic E-state index is -1.28. The van der Waals surface area contributed by atoms with Gasteiger partial charge in [-0.25, -0.2) is 9.59 Å². The van der Waals surface area contributed by atoms with E-state index in [2.05, 4.69) is 5.32 Å². The summed E-state index contributed by atoms with van der Waals surface area (Å²) in [6.45, 7) is -0.0592. The quantitative estimate of drug-likeness (QED) is 0.586. The molecule has 1 rings (SSSR count). The molecule has 0 aliphatic rings. The number of urea groups is 1. The van der Waals surface area contributed by atoms with Crippen LogP contribution >= 0.6 is 0 Å². The molecule has 0 aliphatic heterocycles. The van der Waals surface area contributed by atoms with Crippen molar-refractivity contribution in [1.82, 2.24) is 4.90 Å². The number of aromatic hydroxyl groups is 1. The summed E-state index contributed by atoms with van der Waals surface area (Å²) >= 11 is 0. The Balaban J connectivity index is 2.88. The fourth-order valence-corrected chi connectivity index (χ4v) is 1.28. The Bertz CT molecular complexity index is 461. The summed E-state index contributed by atoms with van der Waals surface area (Å²) in [5.41, 5.74) is -0.290. The van der Waals surface area contributed by atoms with Crippen LogP contribution in [-0.2, 0) is 0 Å². The average molecular weight is 254 g/mol. The first kappa shape index (κ1) is 13.8. The molecule has 0 bridgehead atoms. The molecule has 7 nitrogen and oxygen atoms in total. The molecule has 1 aromatic carbocycles. The lowest BCUT2D eigenvalue weighted by atomic mass is 10.1. The predicted molar refractivity (Wildman–Crippen MR) is 63.8 cm³/mol. The highest BCUT2D eigenvalue weighted by Crippen LogP contribution is 2.27. The van der Waals surface area contributed by atoms with Gasteiger partial charge in [-0.3, -0.25) is 0 Å². The zero-order valence-electron chi connectivity index (χ0n) is 9.75. The van der Waals surface area contributed by atoms with Gasteiger partial charge in [0.15, 0.2) is 5.75 Å². The Kier molecular flexibility index (Phi) is 4.50. The fourth-order valence-electron chi connectivity index (χ4n) is 1.28. The van der Waals surface area contributed by atoms with Gasteiger partial charge in [0.05, 0.1) is 12.3 Å². The minimum absolute atomic E-state index is 0.00434. The molecule has 0 aliphatic carbocycles. The van der Waals surface area contributed by atoms with E-state index in [-0.39, 0.29) is 24.4 Å². The van der Waals surface area contributed by atoms with E-state index in [9.17, 15) is 14.7 Å². The second kappa shape index (κ2) is 5.87. The molecule has 0 radical (unpaired) electrons. The molecular formula is C11H14N2O5. The Morgan fingerprint density at radius 3 is 2.61 bits per heavy atom. The van der Waals surface area contributed by atoms with Gasteiger partial charge < -0.3 is 25.5 Å². The van der Waals surface area contributed by atoms with Crippen molar-refractivity contribution in [3.8, 4) is 5.75 Å². The molecule has 1 aromatic rings. The van der Waals surface area contributed by atoms with Crippen LogP contribution in [0.5, 0.6) is 5.75 Å². The number of rotatable bonds is 4. The van der Waals surface area contributed by atoms with Crippen LogP contribution in [0.25, 0.3) is 0 Å². The molecule has 0 heterocycles. The molecule has 0 saturated carbocycles. The molecule has 0 unspecified atom stereocenters. The fraction of sp³-hybridized carbons (Fsp3) is 0.273. The summed E-state index contributed by atoms with van der Waals surface area (Å²) in [5.74, 6) is -1.79. The smallest absolute Gasteiger partial charge is 0.339 e. The highest BCUT2D eigenvalue weighted by atomic mass is 16.4. The molecule has 0 atom stereocenters. The largest absolute Gasteiger partial charge is 0.505 e. The molecule has 4 N–H and O–H groups in total. The topological polar surface area (TPSA) is 110 Å². The molecular weight excluding hydrogens is 240 g/mol. The Hall–Kier alpha value is -2.28. The van der Waals surface area contributed by atoms with E-state index in [0.29, 0.717) is 0 Å². The molecule has 7 heteroatoms. The lowest BCUT2D eigenvalue weighted by molar-refractivity contribution is 0.0693. The van der Waals surface area contributed by atoms with Gasteiger partial charge in [-0.2, -0.15) is 0 Å². The van der Waals surface area contributed by atoms with Gasteiger partial charge >= 0.3 is 12.0 Å². The van der Waals surface area contributed by atoms with Gasteiger partial charge in [-0.05, 0) is 12.1 Å². The first-order valence-corrected chi connectivity index (χ1v) is 5.15. The van der Waals surface area contributed by atoms with Gasteiger partial charge in [0.25, 0.3) is 0 Å². The average Bonchev–Trinajstić information content (AvgIpc) is 2.31. The number of aliphatic hydroxyl groups is 1. The van der Waals surface area contributed by atoms with E-state index in [4.69, 9.17) is 10.2 Å². The van der Waals surface area contributed by atoms with Crippen LogP contribution < -0.4 is 5.32 Å². The van der Waals surface area contributed by atoms with Crippen molar-refractivity contribution in [3.63, 3.8) is 0 Å². The number of phenols is 1. The van der Waals surface area contributed by atoms with Crippen molar-refractivity contribution in [2.24, 2.45) is 0 Å². The number of carbonyl (C=O) groups excluding carboxylic acids is 1. The summed E-state index contributed by atoms with van der Waals surface area (Å²) in [7, 11) is 1.46. The SMILES string of the molecule is CN(CCO)C(=O)Nc1cccc(C(=O)O)c1O. The Morgan fingerprint density at radius 1 is 1.39 bits per heavy atom.